The molecule has 1 heterocycles. The van der Waals surface area contributed by atoms with Crippen molar-refractivity contribution in [2.45, 2.75) is 20.8 Å². The second kappa shape index (κ2) is 9.98. The Labute approximate surface area is 102 Å². The van der Waals surface area contributed by atoms with Crippen LogP contribution in [0.25, 0.3) is 0 Å². The fraction of sp³-hybridized carbons (Fsp3) is 0.600. The zero-order chi connectivity index (χ0) is 11.5. The number of aromatic amines is 1. The smallest absolute Gasteiger partial charge is 0.136 e. The molecule has 15 heavy (non-hydrogen) atoms. The highest BCUT2D eigenvalue weighted by molar-refractivity contribution is 8.22. The maximum Gasteiger partial charge on any atom is 0.136 e. The largest absolute Gasteiger partial charge is 0.358 e. The topological polar surface area (TPSA) is 31.9 Å². The molecule has 0 saturated carbocycles. The average molecular weight is 245 g/mol. The van der Waals surface area contributed by atoms with Crippen LogP contribution in [0.4, 0.5) is 0 Å². The lowest BCUT2D eigenvalue weighted by Gasteiger charge is -2.20. The van der Waals surface area contributed by atoms with E-state index in [1.807, 2.05) is 0 Å². The second-order valence-corrected chi connectivity index (χ2v) is 4.53. The van der Waals surface area contributed by atoms with Crippen molar-refractivity contribution < 1.29 is 0 Å². The molecule has 0 amide bonds. The van der Waals surface area contributed by atoms with Crippen molar-refractivity contribution in [1.29, 1.82) is 0 Å². The molecule has 0 saturated heterocycles. The van der Waals surface area contributed by atoms with Gasteiger partial charge >= 0.3 is 0 Å². The van der Waals surface area contributed by atoms with Crippen molar-refractivity contribution in [3.05, 3.63) is 18.7 Å². The van der Waals surface area contributed by atoms with Crippen molar-refractivity contribution in [3.63, 3.8) is 0 Å². The number of hydrogen-bond acceptors (Lipinski definition) is 3. The SMILES string of the molecule is CCSC(=S)N(CC)CC.c1c[nH]cn1. The molecule has 1 rings (SSSR count). The Morgan fingerprint density at radius 3 is 2.33 bits per heavy atom. The fourth-order valence-electron chi connectivity index (χ4n) is 0.912. The van der Waals surface area contributed by atoms with Gasteiger partial charge in [0.05, 0.1) is 6.33 Å². The number of rotatable bonds is 3. The molecule has 0 bridgehead atoms. The Kier molecular flexibility index (Phi) is 9.62. The first kappa shape index (κ1) is 14.5. The summed E-state index contributed by atoms with van der Waals surface area (Å²) in [6.07, 6.45) is 5.08. The van der Waals surface area contributed by atoms with Crippen LogP contribution in [0, 0.1) is 0 Å². The summed E-state index contributed by atoms with van der Waals surface area (Å²) in [5.74, 6) is 1.08. The van der Waals surface area contributed by atoms with Crippen molar-refractivity contribution in [2.75, 3.05) is 18.8 Å². The van der Waals surface area contributed by atoms with E-state index in [9.17, 15) is 0 Å². The number of nitrogens with zero attached hydrogens (tertiary/aromatic N) is 2. The maximum absolute atomic E-state index is 5.16. The number of nitrogens with one attached hydrogen (secondary N) is 1. The van der Waals surface area contributed by atoms with Gasteiger partial charge in [-0.25, -0.2) is 4.98 Å². The van der Waals surface area contributed by atoms with E-state index in [4.69, 9.17) is 12.2 Å². The Morgan fingerprint density at radius 2 is 2.07 bits per heavy atom. The van der Waals surface area contributed by atoms with E-state index < -0.39 is 0 Å². The van der Waals surface area contributed by atoms with Crippen LogP contribution in [-0.2, 0) is 0 Å². The summed E-state index contributed by atoms with van der Waals surface area (Å²) in [6.45, 7) is 8.45. The number of thiocarbonyl (C=S) groups is 1. The van der Waals surface area contributed by atoms with Gasteiger partial charge in [0.25, 0.3) is 0 Å². The monoisotopic (exact) mass is 245 g/mol. The normalized spacial score (nSPS) is 9.00. The van der Waals surface area contributed by atoms with Crippen LogP contribution in [0.5, 0.6) is 0 Å². The van der Waals surface area contributed by atoms with Gasteiger partial charge in [0.15, 0.2) is 0 Å². The van der Waals surface area contributed by atoms with E-state index in [1.165, 1.54) is 0 Å². The molecular weight excluding hydrogens is 226 g/mol. The Morgan fingerprint density at radius 1 is 1.40 bits per heavy atom. The lowest BCUT2D eigenvalue weighted by atomic mass is 10.6. The first-order valence-electron chi connectivity index (χ1n) is 5.10. The lowest BCUT2D eigenvalue weighted by molar-refractivity contribution is 0.482. The van der Waals surface area contributed by atoms with Crippen molar-refractivity contribution in [3.8, 4) is 0 Å². The molecule has 0 unspecified atom stereocenters. The summed E-state index contributed by atoms with van der Waals surface area (Å²) in [6, 6.07) is 0. The molecule has 0 aliphatic carbocycles. The highest BCUT2D eigenvalue weighted by atomic mass is 32.2. The molecule has 1 N–H and O–H groups in total. The van der Waals surface area contributed by atoms with Gasteiger partial charge in [-0.3, -0.25) is 0 Å². The molecule has 1 aromatic heterocycles. The molecule has 0 spiro atoms. The number of thioether (sulfide) groups is 1. The minimum absolute atomic E-state index is 1.03. The van der Waals surface area contributed by atoms with Crippen molar-refractivity contribution in [1.82, 2.24) is 14.9 Å². The lowest BCUT2D eigenvalue weighted by Crippen LogP contribution is -2.26. The number of H-pyrrole nitrogens is 1. The van der Waals surface area contributed by atoms with Crippen LogP contribution < -0.4 is 0 Å². The molecule has 1 aromatic rings. The zero-order valence-corrected chi connectivity index (χ0v) is 11.2. The van der Waals surface area contributed by atoms with Gasteiger partial charge in [-0.15, -0.1) is 0 Å². The van der Waals surface area contributed by atoms with Crippen LogP contribution in [-0.4, -0.2) is 38.0 Å². The van der Waals surface area contributed by atoms with Crippen molar-refractivity contribution in [2.24, 2.45) is 0 Å². The summed E-state index contributed by atoms with van der Waals surface area (Å²) < 4.78 is 1.03. The molecule has 0 radical (unpaired) electrons. The van der Waals surface area contributed by atoms with Gasteiger partial charge in [-0.2, -0.15) is 0 Å². The molecule has 0 fully saturated rings. The highest BCUT2D eigenvalue weighted by Gasteiger charge is 2.02. The second-order valence-electron chi connectivity index (χ2n) is 2.63. The Balaban J connectivity index is 0.000000322. The van der Waals surface area contributed by atoms with Crippen LogP contribution in [0.1, 0.15) is 20.8 Å². The van der Waals surface area contributed by atoms with E-state index in [-0.39, 0.29) is 0 Å². The van der Waals surface area contributed by atoms with Gasteiger partial charge in [0.1, 0.15) is 4.32 Å². The summed E-state index contributed by atoms with van der Waals surface area (Å²) in [5, 5.41) is 0. The number of aromatic nitrogens is 2. The predicted octanol–water partition coefficient (Wildman–Crippen LogP) is 2.78. The van der Waals surface area contributed by atoms with Crippen LogP contribution >= 0.6 is 24.0 Å². The first-order chi connectivity index (χ1) is 7.26. The fourth-order valence-corrected chi connectivity index (χ4v) is 2.21. The number of hydrogen-bond donors (Lipinski definition) is 1. The zero-order valence-electron chi connectivity index (χ0n) is 9.56. The standard InChI is InChI=1S/C7H15NS2.C3H4N2/c1-4-8(5-2)7(9)10-6-3;1-2-5-3-4-1/h4-6H2,1-3H3;1-3H,(H,4,5). The summed E-state index contributed by atoms with van der Waals surface area (Å²) >= 11 is 6.91. The maximum atomic E-state index is 5.16. The molecule has 0 aromatic carbocycles. The summed E-state index contributed by atoms with van der Waals surface area (Å²) in [5.41, 5.74) is 0. The third-order valence-corrected chi connectivity index (χ3v) is 3.10. The molecule has 0 aliphatic rings. The summed E-state index contributed by atoms with van der Waals surface area (Å²) in [7, 11) is 0. The van der Waals surface area contributed by atoms with Gasteiger partial charge in [-0.05, 0) is 19.6 Å². The minimum Gasteiger partial charge on any atom is -0.358 e. The molecule has 0 atom stereocenters. The quantitative estimate of drug-likeness (QED) is 0.830. The van der Waals surface area contributed by atoms with Crippen LogP contribution in [0.15, 0.2) is 18.7 Å². The van der Waals surface area contributed by atoms with E-state index in [0.29, 0.717) is 0 Å². The van der Waals surface area contributed by atoms with Gasteiger partial charge in [0.2, 0.25) is 0 Å². The van der Waals surface area contributed by atoms with E-state index >= 15 is 0 Å². The minimum atomic E-state index is 1.03. The summed E-state index contributed by atoms with van der Waals surface area (Å²) in [4.78, 5) is 8.61. The Bertz CT molecular complexity index is 216. The predicted molar refractivity (Wildman–Crippen MR) is 72.2 cm³/mol. The molecular formula is C10H19N3S2. The van der Waals surface area contributed by atoms with E-state index in [0.717, 1.165) is 23.2 Å². The van der Waals surface area contributed by atoms with Crippen LogP contribution in [0.2, 0.25) is 0 Å². The van der Waals surface area contributed by atoms with Gasteiger partial charge in [0, 0.05) is 25.5 Å². The van der Waals surface area contributed by atoms with Crippen LogP contribution in [0.3, 0.4) is 0 Å². The van der Waals surface area contributed by atoms with E-state index in [2.05, 4.69) is 35.6 Å². The first-order valence-corrected chi connectivity index (χ1v) is 6.50. The van der Waals surface area contributed by atoms with Gasteiger partial charge in [-0.1, -0.05) is 30.9 Å². The van der Waals surface area contributed by atoms with Gasteiger partial charge < -0.3 is 9.88 Å². The Hall–Kier alpha value is -0.550. The van der Waals surface area contributed by atoms with Crippen molar-refractivity contribution >= 4 is 28.3 Å². The number of imidazole rings is 1. The molecule has 5 heteroatoms. The van der Waals surface area contributed by atoms with E-state index in [1.54, 1.807) is 30.5 Å². The highest BCUT2D eigenvalue weighted by Crippen LogP contribution is 2.07. The third kappa shape index (κ3) is 7.39. The third-order valence-electron chi connectivity index (χ3n) is 1.70. The molecule has 86 valence electrons. The molecule has 0 aliphatic heterocycles. The molecule has 3 nitrogen and oxygen atoms in total. The average Bonchev–Trinajstić information content (AvgIpc) is 2.78.